The Hall–Kier alpha value is -3.08. The second kappa shape index (κ2) is 7.21. The van der Waals surface area contributed by atoms with Crippen LogP contribution in [0.2, 0.25) is 0 Å². The van der Waals surface area contributed by atoms with Gasteiger partial charge in [-0.05, 0) is 35.9 Å². The lowest BCUT2D eigenvalue weighted by Crippen LogP contribution is -2.30. The SMILES string of the molecule is COc1ccc(C(=O)CNC(=O)Cc2cn(C)c3ccccc23)cc1. The Kier molecular flexibility index (Phi) is 4.84. The van der Waals surface area contributed by atoms with E-state index in [1.165, 1.54) is 0 Å². The van der Waals surface area contributed by atoms with E-state index < -0.39 is 0 Å². The van der Waals surface area contributed by atoms with Crippen LogP contribution in [0.5, 0.6) is 5.75 Å². The number of fused-ring (bicyclic) bond motifs is 1. The highest BCUT2D eigenvalue weighted by atomic mass is 16.5. The number of methoxy groups -OCH3 is 1. The normalized spacial score (nSPS) is 10.6. The number of para-hydroxylation sites is 1. The van der Waals surface area contributed by atoms with Crippen LogP contribution >= 0.6 is 0 Å². The van der Waals surface area contributed by atoms with Crippen LogP contribution in [0.1, 0.15) is 15.9 Å². The average molecular weight is 336 g/mol. The fraction of sp³-hybridized carbons (Fsp3) is 0.200. The summed E-state index contributed by atoms with van der Waals surface area (Å²) in [5, 5.41) is 3.76. The Bertz CT molecular complexity index is 910. The molecule has 0 radical (unpaired) electrons. The largest absolute Gasteiger partial charge is 0.497 e. The minimum atomic E-state index is -0.168. The van der Waals surface area contributed by atoms with E-state index in [9.17, 15) is 9.59 Å². The number of hydrogen-bond donors (Lipinski definition) is 1. The van der Waals surface area contributed by atoms with Gasteiger partial charge in [0.05, 0.1) is 20.1 Å². The fourth-order valence-corrected chi connectivity index (χ4v) is 2.86. The maximum Gasteiger partial charge on any atom is 0.224 e. The van der Waals surface area contributed by atoms with E-state index >= 15 is 0 Å². The third kappa shape index (κ3) is 3.71. The molecule has 0 unspecified atom stereocenters. The molecule has 0 atom stereocenters. The first-order valence-corrected chi connectivity index (χ1v) is 8.05. The maximum absolute atomic E-state index is 12.2. The molecule has 0 spiro atoms. The van der Waals surface area contributed by atoms with E-state index in [0.717, 1.165) is 16.5 Å². The van der Waals surface area contributed by atoms with Gasteiger partial charge in [-0.25, -0.2) is 0 Å². The van der Waals surface area contributed by atoms with E-state index in [-0.39, 0.29) is 24.7 Å². The van der Waals surface area contributed by atoms with Crippen LogP contribution in [0.3, 0.4) is 0 Å². The summed E-state index contributed by atoms with van der Waals surface area (Å²) in [6, 6.07) is 14.8. The van der Waals surface area contributed by atoms with Gasteiger partial charge < -0.3 is 14.6 Å². The number of nitrogens with one attached hydrogen (secondary N) is 1. The van der Waals surface area contributed by atoms with Gasteiger partial charge in [0.2, 0.25) is 5.91 Å². The lowest BCUT2D eigenvalue weighted by Gasteiger charge is -2.05. The summed E-state index contributed by atoms with van der Waals surface area (Å²) in [7, 11) is 3.53. The van der Waals surface area contributed by atoms with Crippen molar-refractivity contribution >= 4 is 22.6 Å². The Morgan fingerprint density at radius 2 is 1.80 bits per heavy atom. The van der Waals surface area contributed by atoms with Gasteiger partial charge in [-0.2, -0.15) is 0 Å². The number of rotatable bonds is 6. The molecular formula is C20H20N2O3. The standard InChI is InChI=1S/C20H20N2O3/c1-22-13-15(17-5-3-4-6-18(17)22)11-20(24)21-12-19(23)14-7-9-16(25-2)10-8-14/h3-10,13H,11-12H2,1-2H3,(H,21,24). The Labute approximate surface area is 146 Å². The molecule has 0 saturated carbocycles. The first-order valence-electron chi connectivity index (χ1n) is 8.05. The molecule has 0 saturated heterocycles. The summed E-state index contributed by atoms with van der Waals surface area (Å²) in [5.41, 5.74) is 2.58. The number of amides is 1. The van der Waals surface area contributed by atoms with Crippen LogP contribution in [0, 0.1) is 0 Å². The molecule has 2 aromatic carbocycles. The molecule has 1 heterocycles. The number of aromatic nitrogens is 1. The molecule has 0 bridgehead atoms. The summed E-state index contributed by atoms with van der Waals surface area (Å²) in [5.74, 6) is 0.392. The zero-order valence-corrected chi connectivity index (χ0v) is 14.3. The third-order valence-electron chi connectivity index (χ3n) is 4.19. The van der Waals surface area contributed by atoms with Crippen molar-refractivity contribution in [3.05, 3.63) is 65.9 Å². The molecule has 3 aromatic rings. The van der Waals surface area contributed by atoms with Crippen molar-refractivity contribution in [3.63, 3.8) is 0 Å². The number of Topliss-reactive ketones (excluding diaryl/α,β-unsaturated/α-hetero) is 1. The van der Waals surface area contributed by atoms with Crippen molar-refractivity contribution in [3.8, 4) is 5.75 Å². The van der Waals surface area contributed by atoms with E-state index in [0.29, 0.717) is 11.3 Å². The summed E-state index contributed by atoms with van der Waals surface area (Å²) >= 11 is 0. The number of hydrogen-bond acceptors (Lipinski definition) is 3. The monoisotopic (exact) mass is 336 g/mol. The van der Waals surface area contributed by atoms with Gasteiger partial charge >= 0.3 is 0 Å². The van der Waals surface area contributed by atoms with Crippen LogP contribution in [0.15, 0.2) is 54.7 Å². The van der Waals surface area contributed by atoms with Crippen LogP contribution in [-0.4, -0.2) is 29.9 Å². The van der Waals surface area contributed by atoms with Gasteiger partial charge in [-0.15, -0.1) is 0 Å². The van der Waals surface area contributed by atoms with E-state index in [1.54, 1.807) is 31.4 Å². The predicted octanol–water partition coefficient (Wildman–Crippen LogP) is 2.73. The highest BCUT2D eigenvalue weighted by Gasteiger charge is 2.12. The molecule has 1 N–H and O–H groups in total. The van der Waals surface area contributed by atoms with Crippen molar-refractivity contribution < 1.29 is 14.3 Å². The molecular weight excluding hydrogens is 316 g/mol. The van der Waals surface area contributed by atoms with E-state index in [1.807, 2.05) is 42.1 Å². The molecule has 0 aliphatic heterocycles. The van der Waals surface area contributed by atoms with Crippen molar-refractivity contribution in [2.45, 2.75) is 6.42 Å². The fourth-order valence-electron chi connectivity index (χ4n) is 2.86. The van der Waals surface area contributed by atoms with Gasteiger partial charge in [0, 0.05) is 29.7 Å². The Balaban J connectivity index is 1.61. The molecule has 0 aliphatic rings. The number of carbonyl (C=O) groups excluding carboxylic acids is 2. The number of nitrogens with zero attached hydrogens (tertiary/aromatic N) is 1. The smallest absolute Gasteiger partial charge is 0.224 e. The summed E-state index contributed by atoms with van der Waals surface area (Å²) in [6.07, 6.45) is 2.20. The van der Waals surface area contributed by atoms with E-state index in [2.05, 4.69) is 5.32 Å². The highest BCUT2D eigenvalue weighted by Crippen LogP contribution is 2.20. The summed E-state index contributed by atoms with van der Waals surface area (Å²) in [4.78, 5) is 24.4. The number of ether oxygens (including phenoxy) is 1. The molecule has 0 aliphatic carbocycles. The lowest BCUT2D eigenvalue weighted by atomic mass is 10.1. The highest BCUT2D eigenvalue weighted by molar-refractivity contribution is 6.00. The maximum atomic E-state index is 12.2. The van der Waals surface area contributed by atoms with Gasteiger partial charge in [0.15, 0.2) is 5.78 Å². The van der Waals surface area contributed by atoms with Crippen LogP contribution < -0.4 is 10.1 Å². The molecule has 1 amide bonds. The Morgan fingerprint density at radius 1 is 1.08 bits per heavy atom. The van der Waals surface area contributed by atoms with Crippen molar-refractivity contribution in [2.24, 2.45) is 7.05 Å². The Morgan fingerprint density at radius 3 is 2.52 bits per heavy atom. The number of carbonyl (C=O) groups is 2. The van der Waals surface area contributed by atoms with Gasteiger partial charge in [0.1, 0.15) is 5.75 Å². The molecule has 3 rings (SSSR count). The topological polar surface area (TPSA) is 60.3 Å². The minimum Gasteiger partial charge on any atom is -0.497 e. The molecule has 25 heavy (non-hydrogen) atoms. The number of ketones is 1. The molecule has 1 aromatic heterocycles. The average Bonchev–Trinajstić information content (AvgIpc) is 2.96. The second-order valence-electron chi connectivity index (χ2n) is 5.89. The first-order chi connectivity index (χ1) is 12.1. The summed E-state index contributed by atoms with van der Waals surface area (Å²) in [6.45, 7) is -0.0179. The quantitative estimate of drug-likeness (QED) is 0.704. The van der Waals surface area contributed by atoms with Crippen molar-refractivity contribution in [2.75, 3.05) is 13.7 Å². The van der Waals surface area contributed by atoms with Crippen LogP contribution in [0.4, 0.5) is 0 Å². The van der Waals surface area contributed by atoms with Gasteiger partial charge in [-0.3, -0.25) is 9.59 Å². The first kappa shape index (κ1) is 16.8. The minimum absolute atomic E-state index is 0.0179. The van der Waals surface area contributed by atoms with E-state index in [4.69, 9.17) is 4.74 Å². The van der Waals surface area contributed by atoms with Crippen molar-refractivity contribution in [1.82, 2.24) is 9.88 Å². The van der Waals surface area contributed by atoms with Crippen molar-refractivity contribution in [1.29, 1.82) is 0 Å². The zero-order valence-electron chi connectivity index (χ0n) is 14.3. The van der Waals surface area contributed by atoms with Gasteiger partial charge in [0.25, 0.3) is 0 Å². The molecule has 0 fully saturated rings. The second-order valence-corrected chi connectivity index (χ2v) is 5.89. The number of benzene rings is 2. The van der Waals surface area contributed by atoms with Gasteiger partial charge in [-0.1, -0.05) is 18.2 Å². The third-order valence-corrected chi connectivity index (χ3v) is 4.19. The van der Waals surface area contributed by atoms with Crippen LogP contribution in [0.25, 0.3) is 10.9 Å². The lowest BCUT2D eigenvalue weighted by molar-refractivity contribution is -0.120. The summed E-state index contributed by atoms with van der Waals surface area (Å²) < 4.78 is 7.07. The predicted molar refractivity (Wildman–Crippen MR) is 97.0 cm³/mol. The molecule has 5 nitrogen and oxygen atoms in total. The van der Waals surface area contributed by atoms with Crippen LogP contribution in [-0.2, 0) is 18.3 Å². The number of aryl methyl sites for hydroxylation is 1. The zero-order chi connectivity index (χ0) is 17.8. The molecule has 128 valence electrons. The molecule has 5 heteroatoms.